The predicted molar refractivity (Wildman–Crippen MR) is 93.2 cm³/mol. The van der Waals surface area contributed by atoms with Crippen molar-refractivity contribution in [2.75, 3.05) is 18.8 Å². The van der Waals surface area contributed by atoms with Crippen LogP contribution in [0.4, 0.5) is 0 Å². The molecule has 1 saturated heterocycles. The summed E-state index contributed by atoms with van der Waals surface area (Å²) in [7, 11) is -3.51. The van der Waals surface area contributed by atoms with Crippen LogP contribution in [0.3, 0.4) is 0 Å². The number of likely N-dealkylation sites (tertiary alicyclic amines) is 1. The Kier molecular flexibility index (Phi) is 4.31. The summed E-state index contributed by atoms with van der Waals surface area (Å²) in [6.07, 6.45) is 0.659. The number of amides is 1. The van der Waals surface area contributed by atoms with Gasteiger partial charge < -0.3 is 4.90 Å². The molecule has 1 aliphatic heterocycles. The predicted octanol–water partition coefficient (Wildman–Crippen LogP) is 1.60. The Morgan fingerprint density at radius 3 is 2.79 bits per heavy atom. The SMILES string of the molecule is Cc1cc(C)c2ccc(C(=O)N3CCC(CS(N)(=O)=O)C3)cc2n1. The monoisotopic (exact) mass is 347 g/mol. The highest BCUT2D eigenvalue weighted by Crippen LogP contribution is 2.23. The van der Waals surface area contributed by atoms with Crippen LogP contribution in [-0.2, 0) is 10.0 Å². The minimum absolute atomic E-state index is 0.0750. The molecule has 1 aliphatic rings. The Hall–Kier alpha value is -1.99. The molecule has 24 heavy (non-hydrogen) atoms. The van der Waals surface area contributed by atoms with E-state index in [1.165, 1.54) is 0 Å². The molecular formula is C17H21N3O3S. The lowest BCUT2D eigenvalue weighted by Crippen LogP contribution is -2.30. The number of nitrogens with zero attached hydrogens (tertiary/aromatic N) is 2. The Morgan fingerprint density at radius 2 is 2.08 bits per heavy atom. The maximum Gasteiger partial charge on any atom is 0.253 e. The van der Waals surface area contributed by atoms with Crippen molar-refractivity contribution >= 4 is 26.8 Å². The van der Waals surface area contributed by atoms with Crippen LogP contribution in [0.1, 0.15) is 28.0 Å². The van der Waals surface area contributed by atoms with Crippen LogP contribution >= 0.6 is 0 Å². The van der Waals surface area contributed by atoms with Gasteiger partial charge in [-0.1, -0.05) is 6.07 Å². The van der Waals surface area contributed by atoms with Crippen molar-refractivity contribution in [3.05, 3.63) is 41.1 Å². The van der Waals surface area contributed by atoms with E-state index in [1.807, 2.05) is 38.1 Å². The molecule has 2 aromatic rings. The third-order valence-electron chi connectivity index (χ3n) is 4.43. The lowest BCUT2D eigenvalue weighted by atomic mass is 10.1. The van der Waals surface area contributed by atoms with Crippen LogP contribution in [0.25, 0.3) is 10.9 Å². The van der Waals surface area contributed by atoms with E-state index in [-0.39, 0.29) is 17.6 Å². The zero-order valence-electron chi connectivity index (χ0n) is 13.8. The van der Waals surface area contributed by atoms with Crippen LogP contribution in [0.5, 0.6) is 0 Å². The molecule has 0 spiro atoms. The third-order valence-corrected chi connectivity index (χ3v) is 5.37. The highest BCUT2D eigenvalue weighted by Gasteiger charge is 2.29. The number of aromatic nitrogens is 1. The molecule has 1 atom stereocenters. The largest absolute Gasteiger partial charge is 0.338 e. The molecule has 0 radical (unpaired) electrons. The summed E-state index contributed by atoms with van der Waals surface area (Å²) in [5.41, 5.74) is 3.43. The van der Waals surface area contributed by atoms with Crippen LogP contribution in [0.15, 0.2) is 24.3 Å². The summed E-state index contributed by atoms with van der Waals surface area (Å²) < 4.78 is 22.4. The number of carbonyl (C=O) groups is 1. The molecular weight excluding hydrogens is 326 g/mol. The molecule has 2 heterocycles. The number of hydrogen-bond acceptors (Lipinski definition) is 4. The molecule has 7 heteroatoms. The average Bonchev–Trinajstić information content (AvgIpc) is 2.91. The highest BCUT2D eigenvalue weighted by molar-refractivity contribution is 7.89. The molecule has 1 fully saturated rings. The third kappa shape index (κ3) is 3.57. The standard InChI is InChI=1S/C17H21N3O3S/c1-11-7-12(2)19-16-8-14(3-4-15(11)16)17(21)20-6-5-13(9-20)10-24(18,22)23/h3-4,7-8,13H,5-6,9-10H2,1-2H3,(H2,18,22,23). The zero-order valence-corrected chi connectivity index (χ0v) is 14.6. The van der Waals surface area contributed by atoms with Crippen LogP contribution in [0.2, 0.25) is 0 Å². The van der Waals surface area contributed by atoms with Crippen molar-refractivity contribution in [3.8, 4) is 0 Å². The Balaban J connectivity index is 1.82. The van der Waals surface area contributed by atoms with Crippen LogP contribution in [-0.4, -0.2) is 43.1 Å². The lowest BCUT2D eigenvalue weighted by Gasteiger charge is -2.17. The molecule has 128 valence electrons. The Morgan fingerprint density at radius 1 is 1.33 bits per heavy atom. The van der Waals surface area contributed by atoms with Crippen molar-refractivity contribution in [2.24, 2.45) is 11.1 Å². The summed E-state index contributed by atoms with van der Waals surface area (Å²) >= 11 is 0. The normalized spacial score (nSPS) is 18.3. The number of fused-ring (bicyclic) bond motifs is 1. The van der Waals surface area contributed by atoms with Gasteiger partial charge in [0, 0.05) is 29.7 Å². The molecule has 6 nitrogen and oxygen atoms in total. The fourth-order valence-corrected chi connectivity index (χ4v) is 4.30. The molecule has 1 amide bonds. The highest BCUT2D eigenvalue weighted by atomic mass is 32.2. The van der Waals surface area contributed by atoms with Crippen molar-refractivity contribution in [1.82, 2.24) is 9.88 Å². The maximum atomic E-state index is 12.7. The van der Waals surface area contributed by atoms with Gasteiger partial charge in [-0.15, -0.1) is 0 Å². The number of benzene rings is 1. The smallest absolute Gasteiger partial charge is 0.253 e. The van der Waals surface area contributed by atoms with E-state index in [9.17, 15) is 13.2 Å². The molecule has 1 aromatic heterocycles. The van der Waals surface area contributed by atoms with E-state index in [4.69, 9.17) is 5.14 Å². The minimum atomic E-state index is -3.51. The van der Waals surface area contributed by atoms with Gasteiger partial charge in [-0.05, 0) is 49.9 Å². The quantitative estimate of drug-likeness (QED) is 0.912. The summed E-state index contributed by atoms with van der Waals surface area (Å²) in [6, 6.07) is 7.55. The zero-order chi connectivity index (χ0) is 17.5. The van der Waals surface area contributed by atoms with Gasteiger partial charge in [0.05, 0.1) is 11.3 Å². The second-order valence-corrected chi connectivity index (χ2v) is 8.21. The first-order valence-corrected chi connectivity index (χ1v) is 9.62. The minimum Gasteiger partial charge on any atom is -0.338 e. The molecule has 1 unspecified atom stereocenters. The van der Waals surface area contributed by atoms with Gasteiger partial charge in [-0.3, -0.25) is 9.78 Å². The second kappa shape index (κ2) is 6.14. The summed E-state index contributed by atoms with van der Waals surface area (Å²) in [4.78, 5) is 18.9. The Labute approximate surface area is 141 Å². The number of carbonyl (C=O) groups excluding carboxylic acids is 1. The number of sulfonamides is 1. The van der Waals surface area contributed by atoms with Crippen molar-refractivity contribution < 1.29 is 13.2 Å². The molecule has 0 saturated carbocycles. The first kappa shape index (κ1) is 16.9. The first-order valence-electron chi connectivity index (χ1n) is 7.91. The second-order valence-electron chi connectivity index (χ2n) is 6.55. The van der Waals surface area contributed by atoms with Gasteiger partial charge >= 0.3 is 0 Å². The fraction of sp³-hybridized carbons (Fsp3) is 0.412. The summed E-state index contributed by atoms with van der Waals surface area (Å²) in [5, 5.41) is 6.13. The molecule has 1 aromatic carbocycles. The fourth-order valence-electron chi connectivity index (χ4n) is 3.37. The van der Waals surface area contributed by atoms with Crippen molar-refractivity contribution in [3.63, 3.8) is 0 Å². The molecule has 0 aliphatic carbocycles. The summed E-state index contributed by atoms with van der Waals surface area (Å²) in [5.74, 6) is -0.254. The van der Waals surface area contributed by atoms with Gasteiger partial charge in [0.2, 0.25) is 10.0 Å². The topological polar surface area (TPSA) is 93.4 Å². The van der Waals surface area contributed by atoms with Crippen molar-refractivity contribution in [1.29, 1.82) is 0 Å². The van der Waals surface area contributed by atoms with Gasteiger partial charge in [0.1, 0.15) is 0 Å². The number of rotatable bonds is 3. The molecule has 0 bridgehead atoms. The average molecular weight is 347 g/mol. The van der Waals surface area contributed by atoms with Crippen LogP contribution < -0.4 is 5.14 Å². The van der Waals surface area contributed by atoms with Gasteiger partial charge in [-0.25, -0.2) is 13.6 Å². The molecule has 2 N–H and O–H groups in total. The lowest BCUT2D eigenvalue weighted by molar-refractivity contribution is 0.0788. The summed E-state index contributed by atoms with van der Waals surface area (Å²) in [6.45, 7) is 4.93. The van der Waals surface area contributed by atoms with Crippen molar-refractivity contribution in [2.45, 2.75) is 20.3 Å². The number of hydrogen-bond donors (Lipinski definition) is 1. The van der Waals surface area contributed by atoms with E-state index < -0.39 is 10.0 Å². The van der Waals surface area contributed by atoms with Gasteiger partial charge in [0.25, 0.3) is 5.91 Å². The van der Waals surface area contributed by atoms with E-state index >= 15 is 0 Å². The van der Waals surface area contributed by atoms with Gasteiger partial charge in [-0.2, -0.15) is 0 Å². The molecule has 3 rings (SSSR count). The maximum absolute atomic E-state index is 12.7. The van der Waals surface area contributed by atoms with E-state index in [0.717, 1.165) is 22.2 Å². The Bertz CT molecular complexity index is 909. The first-order chi connectivity index (χ1) is 11.2. The van der Waals surface area contributed by atoms with E-state index in [1.54, 1.807) is 4.90 Å². The van der Waals surface area contributed by atoms with E-state index in [2.05, 4.69) is 4.98 Å². The van der Waals surface area contributed by atoms with Crippen LogP contribution in [0, 0.1) is 19.8 Å². The number of pyridine rings is 1. The van der Waals surface area contributed by atoms with Gasteiger partial charge in [0.15, 0.2) is 0 Å². The number of primary sulfonamides is 1. The van der Waals surface area contributed by atoms with E-state index in [0.29, 0.717) is 25.1 Å². The number of nitrogens with two attached hydrogens (primary N) is 1. The number of aryl methyl sites for hydroxylation is 2.